The number of aromatic nitrogens is 2. The van der Waals surface area contributed by atoms with Gasteiger partial charge in [0.15, 0.2) is 5.82 Å². The maximum absolute atomic E-state index is 17.3. The van der Waals surface area contributed by atoms with Crippen LogP contribution in [0.3, 0.4) is 0 Å². The number of phenols is 1. The van der Waals surface area contributed by atoms with E-state index in [1.54, 1.807) is 29.0 Å². The Morgan fingerprint density at radius 3 is 2.50 bits per heavy atom. The second-order valence-electron chi connectivity index (χ2n) is 11.6. The van der Waals surface area contributed by atoms with Crippen LogP contribution in [0, 0.1) is 18.6 Å². The molecule has 1 fully saturated rings. The van der Waals surface area contributed by atoms with Crippen LogP contribution in [0.15, 0.2) is 54.0 Å². The van der Waals surface area contributed by atoms with Gasteiger partial charge in [-0.2, -0.15) is 0 Å². The molecule has 0 spiro atoms. The molecule has 1 saturated heterocycles. The molecule has 4 aromatic rings. The van der Waals surface area contributed by atoms with Gasteiger partial charge in [-0.15, -0.1) is 0 Å². The van der Waals surface area contributed by atoms with Crippen molar-refractivity contribution >= 4 is 40.0 Å². The lowest BCUT2D eigenvalue weighted by atomic mass is 9.96. The van der Waals surface area contributed by atoms with E-state index < -0.39 is 46.0 Å². The molecule has 240 valence electrons. The Balaban J connectivity index is 2.01. The van der Waals surface area contributed by atoms with Crippen LogP contribution in [0.4, 0.5) is 14.5 Å². The molecule has 2 aromatic carbocycles. The monoisotopic (exact) mass is 649 g/mol. The first-order valence-corrected chi connectivity index (χ1v) is 15.2. The summed E-state index contributed by atoms with van der Waals surface area (Å²) in [7, 11) is 1.39. The van der Waals surface area contributed by atoms with E-state index in [0.29, 0.717) is 11.3 Å². The van der Waals surface area contributed by atoms with Crippen molar-refractivity contribution in [2.45, 2.75) is 39.7 Å². The van der Waals surface area contributed by atoms with Crippen LogP contribution in [0.2, 0.25) is 5.02 Å². The van der Waals surface area contributed by atoms with Gasteiger partial charge in [-0.1, -0.05) is 38.1 Å². The molecule has 0 bridgehead atoms. The number of carbonyl (C=O) groups excluding carboxylic acids is 2. The highest BCUT2D eigenvalue weighted by molar-refractivity contribution is 6.34. The van der Waals surface area contributed by atoms with Crippen molar-refractivity contribution in [3.8, 4) is 22.6 Å². The number of hydrogen-bond acceptors (Lipinski definition) is 6. The van der Waals surface area contributed by atoms with E-state index in [4.69, 9.17) is 11.6 Å². The molecule has 2 aromatic heterocycles. The van der Waals surface area contributed by atoms with E-state index in [9.17, 15) is 19.5 Å². The van der Waals surface area contributed by atoms with E-state index in [-0.39, 0.29) is 64.3 Å². The lowest BCUT2D eigenvalue weighted by Crippen LogP contribution is -2.54. The molecule has 5 rings (SSSR count). The van der Waals surface area contributed by atoms with Gasteiger partial charge in [0.25, 0.3) is 11.5 Å². The Morgan fingerprint density at radius 2 is 1.89 bits per heavy atom. The molecule has 0 unspecified atom stereocenters. The summed E-state index contributed by atoms with van der Waals surface area (Å²) in [6.07, 6.45) is 2.80. The quantitative estimate of drug-likeness (QED) is 0.260. The van der Waals surface area contributed by atoms with Crippen molar-refractivity contribution in [3.63, 3.8) is 0 Å². The van der Waals surface area contributed by atoms with Crippen LogP contribution in [0.1, 0.15) is 48.3 Å². The molecule has 1 aliphatic rings. The minimum atomic E-state index is -1.07. The number of hydrogen-bond donors (Lipinski definition) is 2. The van der Waals surface area contributed by atoms with Crippen molar-refractivity contribution in [2.24, 2.45) is 0 Å². The van der Waals surface area contributed by atoms with Crippen molar-refractivity contribution in [3.05, 3.63) is 93.0 Å². The van der Waals surface area contributed by atoms with Gasteiger partial charge in [0.1, 0.15) is 17.1 Å². The number of aromatic hydroxyl groups is 1. The number of amides is 2. The summed E-state index contributed by atoms with van der Waals surface area (Å²) in [5, 5.41) is 13.1. The lowest BCUT2D eigenvalue weighted by molar-refractivity contribution is -0.126. The third kappa shape index (κ3) is 5.28. The zero-order valence-electron chi connectivity index (χ0n) is 26.1. The number of nitrogens with zero attached hydrogens (tertiary/aromatic N) is 4. The number of anilines is 1. The fourth-order valence-electron chi connectivity index (χ4n) is 6.19. The van der Waals surface area contributed by atoms with E-state index in [2.05, 4.69) is 16.9 Å². The molecular weight excluding hydrogens is 616 g/mol. The van der Waals surface area contributed by atoms with E-state index in [0.717, 1.165) is 10.6 Å². The second-order valence-corrected chi connectivity index (χ2v) is 12.0. The van der Waals surface area contributed by atoms with E-state index in [1.807, 2.05) is 20.8 Å². The highest BCUT2D eigenvalue weighted by Crippen LogP contribution is 2.44. The normalized spacial score (nSPS) is 15.0. The Kier molecular flexibility index (Phi) is 8.90. The van der Waals surface area contributed by atoms with Crippen molar-refractivity contribution in [1.29, 1.82) is 0 Å². The molecule has 1 aliphatic heterocycles. The highest BCUT2D eigenvalue weighted by atomic mass is 35.5. The Hall–Kier alpha value is -4.77. The Bertz CT molecular complexity index is 1960. The first kappa shape index (κ1) is 32.6. The lowest BCUT2D eigenvalue weighted by Gasteiger charge is -2.42. The van der Waals surface area contributed by atoms with Gasteiger partial charge in [0, 0.05) is 49.9 Å². The number of carbonyl (C=O) groups is 2. The molecule has 12 heteroatoms. The van der Waals surface area contributed by atoms with Gasteiger partial charge in [0.05, 0.1) is 33.2 Å². The number of piperazine rings is 1. The molecule has 0 saturated carbocycles. The van der Waals surface area contributed by atoms with Crippen molar-refractivity contribution < 1.29 is 23.5 Å². The summed E-state index contributed by atoms with van der Waals surface area (Å²) in [5.41, 5.74) is -0.860. The smallest absolute Gasteiger partial charge is 0.270 e. The second kappa shape index (κ2) is 12.6. The molecule has 9 nitrogen and oxygen atoms in total. The molecule has 2 N–H and O–H groups in total. The molecule has 46 heavy (non-hydrogen) atoms. The third-order valence-electron chi connectivity index (χ3n) is 8.35. The summed E-state index contributed by atoms with van der Waals surface area (Å²) in [5.74, 6) is -3.75. The number of fused-ring (bicyclic) bond motifs is 1. The predicted molar refractivity (Wildman–Crippen MR) is 175 cm³/mol. The van der Waals surface area contributed by atoms with E-state index in [1.165, 1.54) is 31.3 Å². The van der Waals surface area contributed by atoms with Crippen LogP contribution in [0.5, 0.6) is 5.75 Å². The number of nitrogens with one attached hydrogen (secondary N) is 1. The maximum atomic E-state index is 17.3. The highest BCUT2D eigenvalue weighted by Gasteiger charge is 2.35. The first-order chi connectivity index (χ1) is 21.8. The number of rotatable bonds is 6. The predicted octanol–water partition coefficient (Wildman–Crippen LogP) is 5.70. The van der Waals surface area contributed by atoms with Gasteiger partial charge < -0.3 is 20.2 Å². The molecule has 2 amide bonds. The molecule has 3 heterocycles. The van der Waals surface area contributed by atoms with Gasteiger partial charge in [0.2, 0.25) is 5.91 Å². The molecule has 1 atom stereocenters. The summed E-state index contributed by atoms with van der Waals surface area (Å²) < 4.78 is 33.7. The van der Waals surface area contributed by atoms with Gasteiger partial charge in [-0.05, 0) is 55.7 Å². The van der Waals surface area contributed by atoms with Crippen molar-refractivity contribution in [1.82, 2.24) is 19.8 Å². The summed E-state index contributed by atoms with van der Waals surface area (Å²) in [6, 6.07) is 6.17. The zero-order chi connectivity index (χ0) is 33.6. The Morgan fingerprint density at radius 1 is 1.17 bits per heavy atom. The van der Waals surface area contributed by atoms with E-state index >= 15 is 8.78 Å². The molecule has 0 radical (unpaired) electrons. The summed E-state index contributed by atoms with van der Waals surface area (Å²) in [6.45, 7) is 11.5. The van der Waals surface area contributed by atoms with Crippen molar-refractivity contribution in [2.75, 3.05) is 31.6 Å². The standard InChI is InChI=1S/C34H34ClF2N5O4/c1-7-24(44)40-13-14-41(19(5)16-40)31-20-15-21(35)25(26-22(36)9-8-10-23(26)43)28(37)32(20)42(34(46)27(31)33(45)38-6)30-18(4)11-12-39-29(30)17(2)3/h7-12,15,17,19,43H,1,13-14,16H2,2-6H3,(H,38,45)/t19-/m0/s1. The topological polar surface area (TPSA) is 108 Å². The fraction of sp³-hybridized carbons (Fsp3) is 0.294. The summed E-state index contributed by atoms with van der Waals surface area (Å²) >= 11 is 6.73. The molecule has 0 aliphatic carbocycles. The number of aryl methyl sites for hydroxylation is 1. The fourth-order valence-corrected chi connectivity index (χ4v) is 6.48. The average molecular weight is 650 g/mol. The number of benzene rings is 2. The van der Waals surface area contributed by atoms with Crippen LogP contribution in [0.25, 0.3) is 27.7 Å². The number of pyridine rings is 2. The van der Waals surface area contributed by atoms with Crippen LogP contribution < -0.4 is 15.8 Å². The Labute approximate surface area is 269 Å². The van der Waals surface area contributed by atoms with Crippen LogP contribution in [-0.4, -0.2) is 64.1 Å². The maximum Gasteiger partial charge on any atom is 0.270 e. The largest absolute Gasteiger partial charge is 0.507 e. The van der Waals surface area contributed by atoms with Gasteiger partial charge in [-0.3, -0.25) is 23.9 Å². The zero-order valence-corrected chi connectivity index (χ0v) is 26.9. The summed E-state index contributed by atoms with van der Waals surface area (Å²) in [4.78, 5) is 48.7. The third-order valence-corrected chi connectivity index (χ3v) is 8.64. The average Bonchev–Trinajstić information content (AvgIpc) is 3.01. The van der Waals surface area contributed by atoms with Gasteiger partial charge in [-0.25, -0.2) is 8.78 Å². The number of phenolic OH excluding ortho intramolecular Hbond substituents is 1. The minimum Gasteiger partial charge on any atom is -0.507 e. The number of halogens is 3. The minimum absolute atomic E-state index is 0.105. The molecular formula is C34H34ClF2N5O4. The van der Waals surface area contributed by atoms with Gasteiger partial charge >= 0.3 is 0 Å². The van der Waals surface area contributed by atoms with Crippen LogP contribution >= 0.6 is 11.6 Å². The van der Waals surface area contributed by atoms with Crippen LogP contribution in [-0.2, 0) is 4.79 Å². The first-order valence-electron chi connectivity index (χ1n) is 14.8. The SMILES string of the molecule is C=CC(=O)N1CCN(c2c(C(=O)NC)c(=O)n(-c3c(C)ccnc3C(C)C)c3c(F)c(-c4c(O)cccc4F)c(Cl)cc23)[C@@H](C)C1.